The standard InChI is InChI=1S/C18H25FN2O2/c1-21(11-17(22)13-5-6-13)18(23)20-16-4-2-3-15(16)12-7-9-14(19)10-8-12/h7-10,13,15-17,22H,2-6,11H2,1H3,(H,20,23)/t15-,16-,17-/m0/s1. The minimum Gasteiger partial charge on any atom is -0.391 e. The van der Waals surface area contributed by atoms with E-state index in [-0.39, 0.29) is 23.8 Å². The summed E-state index contributed by atoms with van der Waals surface area (Å²) in [6.07, 6.45) is 4.71. The van der Waals surface area contributed by atoms with E-state index < -0.39 is 6.10 Å². The van der Waals surface area contributed by atoms with Gasteiger partial charge in [0, 0.05) is 25.6 Å². The summed E-state index contributed by atoms with van der Waals surface area (Å²) >= 11 is 0. The molecule has 4 nitrogen and oxygen atoms in total. The van der Waals surface area contributed by atoms with Crippen LogP contribution in [0.5, 0.6) is 0 Å². The van der Waals surface area contributed by atoms with Crippen molar-refractivity contribution in [2.24, 2.45) is 5.92 Å². The molecule has 23 heavy (non-hydrogen) atoms. The third kappa shape index (κ3) is 4.02. The lowest BCUT2D eigenvalue weighted by molar-refractivity contribution is 0.112. The van der Waals surface area contributed by atoms with Crippen molar-refractivity contribution < 1.29 is 14.3 Å². The zero-order chi connectivity index (χ0) is 16.4. The number of nitrogens with zero attached hydrogens (tertiary/aromatic N) is 1. The Labute approximate surface area is 136 Å². The van der Waals surface area contributed by atoms with Crippen molar-refractivity contribution in [1.82, 2.24) is 10.2 Å². The van der Waals surface area contributed by atoms with Crippen LogP contribution >= 0.6 is 0 Å². The van der Waals surface area contributed by atoms with Crippen LogP contribution in [-0.4, -0.2) is 41.8 Å². The van der Waals surface area contributed by atoms with Crippen LogP contribution in [0.15, 0.2) is 24.3 Å². The SMILES string of the molecule is CN(C[C@H](O)C1CC1)C(=O)N[C@H]1CCC[C@H]1c1ccc(F)cc1. The largest absolute Gasteiger partial charge is 0.391 e. The minimum atomic E-state index is -0.415. The van der Waals surface area contributed by atoms with Crippen LogP contribution in [0, 0.1) is 11.7 Å². The van der Waals surface area contributed by atoms with E-state index in [9.17, 15) is 14.3 Å². The molecular weight excluding hydrogens is 295 g/mol. The van der Waals surface area contributed by atoms with Gasteiger partial charge in [0.05, 0.1) is 6.10 Å². The Morgan fingerprint density at radius 2 is 2.00 bits per heavy atom. The molecule has 0 unspecified atom stereocenters. The lowest BCUT2D eigenvalue weighted by atomic mass is 9.94. The highest BCUT2D eigenvalue weighted by molar-refractivity contribution is 5.74. The molecule has 1 aromatic carbocycles. The molecule has 5 heteroatoms. The predicted octanol–water partition coefficient (Wildman–Crippen LogP) is 2.87. The van der Waals surface area contributed by atoms with E-state index in [0.717, 1.165) is 37.7 Å². The van der Waals surface area contributed by atoms with Gasteiger partial charge in [0.25, 0.3) is 0 Å². The highest BCUT2D eigenvalue weighted by Crippen LogP contribution is 2.35. The summed E-state index contributed by atoms with van der Waals surface area (Å²) in [5, 5.41) is 13.1. The van der Waals surface area contributed by atoms with Crippen molar-refractivity contribution in [2.45, 2.75) is 50.2 Å². The Bertz CT molecular complexity index is 544. The average molecular weight is 320 g/mol. The number of hydrogen-bond donors (Lipinski definition) is 2. The molecule has 2 aliphatic carbocycles. The molecule has 1 aromatic rings. The van der Waals surface area contributed by atoms with E-state index in [0.29, 0.717) is 12.5 Å². The van der Waals surface area contributed by atoms with Crippen molar-refractivity contribution in [3.63, 3.8) is 0 Å². The van der Waals surface area contributed by atoms with E-state index in [4.69, 9.17) is 0 Å². The number of aliphatic hydroxyl groups excluding tert-OH is 1. The molecule has 0 spiro atoms. The molecule has 0 radical (unpaired) electrons. The summed E-state index contributed by atoms with van der Waals surface area (Å²) in [7, 11) is 1.72. The van der Waals surface area contributed by atoms with Crippen LogP contribution < -0.4 is 5.32 Å². The van der Waals surface area contributed by atoms with Gasteiger partial charge in [-0.3, -0.25) is 0 Å². The van der Waals surface area contributed by atoms with E-state index >= 15 is 0 Å². The zero-order valence-corrected chi connectivity index (χ0v) is 13.5. The number of urea groups is 1. The Morgan fingerprint density at radius 1 is 1.30 bits per heavy atom. The van der Waals surface area contributed by atoms with E-state index in [1.807, 2.05) is 12.1 Å². The summed E-state index contributed by atoms with van der Waals surface area (Å²) < 4.78 is 13.1. The number of halogens is 1. The van der Waals surface area contributed by atoms with Crippen molar-refractivity contribution in [3.8, 4) is 0 Å². The normalized spacial score (nSPS) is 25.2. The summed E-state index contributed by atoms with van der Waals surface area (Å²) in [4.78, 5) is 13.9. The monoisotopic (exact) mass is 320 g/mol. The fourth-order valence-corrected chi connectivity index (χ4v) is 3.50. The molecule has 3 atom stereocenters. The minimum absolute atomic E-state index is 0.0773. The molecule has 0 saturated heterocycles. The molecule has 0 bridgehead atoms. The van der Waals surface area contributed by atoms with Gasteiger partial charge in [0.1, 0.15) is 5.82 Å². The molecule has 0 aliphatic heterocycles. The van der Waals surface area contributed by atoms with Crippen LogP contribution in [0.1, 0.15) is 43.6 Å². The van der Waals surface area contributed by atoms with E-state index in [1.165, 1.54) is 12.1 Å². The highest BCUT2D eigenvalue weighted by atomic mass is 19.1. The number of aliphatic hydroxyl groups is 1. The topological polar surface area (TPSA) is 52.6 Å². The molecule has 0 heterocycles. The fraction of sp³-hybridized carbons (Fsp3) is 0.611. The van der Waals surface area contributed by atoms with Crippen molar-refractivity contribution >= 4 is 6.03 Å². The lowest BCUT2D eigenvalue weighted by Gasteiger charge is -2.26. The Kier molecular flexibility index (Phi) is 4.85. The Balaban J connectivity index is 1.57. The number of amides is 2. The number of likely N-dealkylation sites (N-methyl/N-ethyl adjacent to an activating group) is 1. The third-order valence-electron chi connectivity index (χ3n) is 5.10. The molecule has 2 saturated carbocycles. The highest BCUT2D eigenvalue weighted by Gasteiger charge is 2.33. The predicted molar refractivity (Wildman–Crippen MR) is 86.7 cm³/mol. The van der Waals surface area contributed by atoms with Crippen molar-refractivity contribution in [2.75, 3.05) is 13.6 Å². The zero-order valence-electron chi connectivity index (χ0n) is 13.5. The summed E-state index contributed by atoms with van der Waals surface area (Å²) in [5.41, 5.74) is 1.08. The number of nitrogens with one attached hydrogen (secondary N) is 1. The van der Waals surface area contributed by atoms with Crippen molar-refractivity contribution in [1.29, 1.82) is 0 Å². The molecular formula is C18H25FN2O2. The van der Waals surface area contributed by atoms with Gasteiger partial charge < -0.3 is 15.3 Å². The fourth-order valence-electron chi connectivity index (χ4n) is 3.50. The third-order valence-corrected chi connectivity index (χ3v) is 5.10. The van der Waals surface area contributed by atoms with Crippen LogP contribution in [0.25, 0.3) is 0 Å². The number of benzene rings is 1. The van der Waals surface area contributed by atoms with Gasteiger partial charge in [-0.25, -0.2) is 9.18 Å². The van der Waals surface area contributed by atoms with Gasteiger partial charge in [0.15, 0.2) is 0 Å². The van der Waals surface area contributed by atoms with Gasteiger partial charge in [-0.1, -0.05) is 18.6 Å². The average Bonchev–Trinajstić information content (AvgIpc) is 3.29. The molecule has 2 aliphatic rings. The summed E-state index contributed by atoms with van der Waals surface area (Å²) in [6.45, 7) is 0.379. The summed E-state index contributed by atoms with van der Waals surface area (Å²) in [6, 6.07) is 6.52. The molecule has 126 valence electrons. The second-order valence-electron chi connectivity index (χ2n) is 6.93. The van der Waals surface area contributed by atoms with Crippen LogP contribution in [-0.2, 0) is 0 Å². The Hall–Kier alpha value is -1.62. The number of carbonyl (C=O) groups is 1. The number of rotatable bonds is 5. The number of hydrogen-bond acceptors (Lipinski definition) is 2. The first kappa shape index (κ1) is 16.2. The first-order valence-electron chi connectivity index (χ1n) is 8.49. The van der Waals surface area contributed by atoms with Crippen molar-refractivity contribution in [3.05, 3.63) is 35.6 Å². The summed E-state index contributed by atoms with van der Waals surface area (Å²) in [5.74, 6) is 0.367. The van der Waals surface area contributed by atoms with Gasteiger partial charge in [-0.2, -0.15) is 0 Å². The molecule has 2 amide bonds. The smallest absolute Gasteiger partial charge is 0.317 e. The van der Waals surface area contributed by atoms with Crippen LogP contribution in [0.3, 0.4) is 0 Å². The van der Waals surface area contributed by atoms with Gasteiger partial charge in [0.2, 0.25) is 0 Å². The maximum atomic E-state index is 13.1. The van der Waals surface area contributed by atoms with E-state index in [1.54, 1.807) is 11.9 Å². The first-order valence-corrected chi connectivity index (χ1v) is 8.49. The number of carbonyl (C=O) groups excluding carboxylic acids is 1. The van der Waals surface area contributed by atoms with Gasteiger partial charge in [-0.05, 0) is 49.3 Å². The molecule has 3 rings (SSSR count). The maximum absolute atomic E-state index is 13.1. The Morgan fingerprint density at radius 3 is 2.65 bits per heavy atom. The van der Waals surface area contributed by atoms with Gasteiger partial charge in [-0.15, -0.1) is 0 Å². The quantitative estimate of drug-likeness (QED) is 0.876. The molecule has 0 aromatic heterocycles. The van der Waals surface area contributed by atoms with E-state index in [2.05, 4.69) is 5.32 Å². The maximum Gasteiger partial charge on any atom is 0.317 e. The van der Waals surface area contributed by atoms with Gasteiger partial charge >= 0.3 is 6.03 Å². The van der Waals surface area contributed by atoms with Crippen LogP contribution in [0.4, 0.5) is 9.18 Å². The molecule has 2 fully saturated rings. The second-order valence-corrected chi connectivity index (χ2v) is 6.93. The lowest BCUT2D eigenvalue weighted by Crippen LogP contribution is -2.46. The first-order chi connectivity index (χ1) is 11.0. The second kappa shape index (κ2) is 6.87. The van der Waals surface area contributed by atoms with Crippen LogP contribution in [0.2, 0.25) is 0 Å². The molecule has 2 N–H and O–H groups in total.